The van der Waals surface area contributed by atoms with E-state index in [1.54, 1.807) is 21.3 Å². The number of carbonyl (C=O) groups is 1. The van der Waals surface area contributed by atoms with Crippen molar-refractivity contribution in [3.05, 3.63) is 17.7 Å². The Labute approximate surface area is 151 Å². The van der Waals surface area contributed by atoms with Gasteiger partial charge >= 0.3 is 5.97 Å². The van der Waals surface area contributed by atoms with Crippen molar-refractivity contribution in [1.82, 2.24) is 0 Å². The molecule has 5 nitrogen and oxygen atoms in total. The van der Waals surface area contributed by atoms with Gasteiger partial charge < -0.3 is 18.9 Å². The van der Waals surface area contributed by atoms with Crippen LogP contribution in [0.2, 0.25) is 0 Å². The van der Waals surface area contributed by atoms with Gasteiger partial charge in [-0.05, 0) is 30.4 Å². The summed E-state index contributed by atoms with van der Waals surface area (Å²) in [4.78, 5) is 12.1. The van der Waals surface area contributed by atoms with E-state index in [0.29, 0.717) is 42.6 Å². The van der Waals surface area contributed by atoms with Gasteiger partial charge in [0.25, 0.3) is 0 Å². The number of rotatable bonds is 12. The summed E-state index contributed by atoms with van der Waals surface area (Å²) in [5.74, 6) is 2.03. The van der Waals surface area contributed by atoms with E-state index in [9.17, 15) is 4.79 Å². The molecule has 0 aliphatic carbocycles. The highest BCUT2D eigenvalue weighted by atomic mass is 16.5. The molecule has 25 heavy (non-hydrogen) atoms. The largest absolute Gasteiger partial charge is 0.493 e. The fraction of sp³-hybridized carbons (Fsp3) is 0.650. The van der Waals surface area contributed by atoms with Crippen molar-refractivity contribution in [3.63, 3.8) is 0 Å². The lowest BCUT2D eigenvalue weighted by atomic mass is 10.0. The number of hydrogen-bond acceptors (Lipinski definition) is 5. The maximum absolute atomic E-state index is 12.1. The maximum atomic E-state index is 12.1. The monoisotopic (exact) mass is 352 g/mol. The Morgan fingerprint density at radius 2 is 1.76 bits per heavy atom. The van der Waals surface area contributed by atoms with Crippen LogP contribution in [0.25, 0.3) is 0 Å². The van der Waals surface area contributed by atoms with Gasteiger partial charge in [-0.25, -0.2) is 0 Å². The van der Waals surface area contributed by atoms with E-state index in [2.05, 4.69) is 13.8 Å². The van der Waals surface area contributed by atoms with Crippen LogP contribution in [0.3, 0.4) is 0 Å². The third kappa shape index (κ3) is 6.48. The van der Waals surface area contributed by atoms with E-state index in [1.807, 2.05) is 12.1 Å². The summed E-state index contributed by atoms with van der Waals surface area (Å²) in [5.41, 5.74) is 0.898. The third-order valence-electron chi connectivity index (χ3n) is 4.41. The van der Waals surface area contributed by atoms with Crippen molar-refractivity contribution < 1.29 is 23.7 Å². The van der Waals surface area contributed by atoms with Crippen LogP contribution in [-0.4, -0.2) is 33.9 Å². The Morgan fingerprint density at radius 3 is 2.32 bits per heavy atom. The van der Waals surface area contributed by atoms with Crippen molar-refractivity contribution in [3.8, 4) is 17.2 Å². The fourth-order valence-electron chi connectivity index (χ4n) is 2.78. The molecular formula is C20H32O5. The smallest absolute Gasteiger partial charge is 0.306 e. The second-order valence-corrected chi connectivity index (χ2v) is 6.09. The van der Waals surface area contributed by atoms with E-state index in [1.165, 1.54) is 12.8 Å². The molecule has 0 spiro atoms. The molecule has 0 amide bonds. The maximum Gasteiger partial charge on any atom is 0.306 e. The summed E-state index contributed by atoms with van der Waals surface area (Å²) >= 11 is 0. The number of unbranched alkanes of at least 4 members (excludes halogenated alkanes) is 1. The van der Waals surface area contributed by atoms with E-state index in [-0.39, 0.29) is 5.97 Å². The van der Waals surface area contributed by atoms with Crippen molar-refractivity contribution in [2.75, 3.05) is 27.9 Å². The fourth-order valence-corrected chi connectivity index (χ4v) is 2.78. The number of esters is 1. The normalized spacial score (nSPS) is 11.7. The molecule has 1 aromatic rings. The van der Waals surface area contributed by atoms with Gasteiger partial charge in [0.1, 0.15) is 0 Å². The molecule has 142 valence electrons. The standard InChI is InChI=1S/C20H32O5/c1-6-8-9-15(7-2)14-25-18(21)13-11-16-10-12-17(22-3)20(24-5)19(16)23-4/h10,12,15H,6-9,11,13-14H2,1-5H3. The van der Waals surface area contributed by atoms with Crippen LogP contribution in [0, 0.1) is 5.92 Å². The molecular weight excluding hydrogens is 320 g/mol. The summed E-state index contributed by atoms with van der Waals surface area (Å²) in [7, 11) is 4.73. The van der Waals surface area contributed by atoms with E-state index in [0.717, 1.165) is 18.4 Å². The highest BCUT2D eigenvalue weighted by Crippen LogP contribution is 2.40. The molecule has 0 radical (unpaired) electrons. The van der Waals surface area contributed by atoms with E-state index >= 15 is 0 Å². The molecule has 1 unspecified atom stereocenters. The average Bonchev–Trinajstić information content (AvgIpc) is 2.65. The van der Waals surface area contributed by atoms with Crippen molar-refractivity contribution in [2.45, 2.75) is 52.4 Å². The van der Waals surface area contributed by atoms with Gasteiger partial charge in [0.2, 0.25) is 5.75 Å². The average molecular weight is 352 g/mol. The molecule has 0 aliphatic rings. The van der Waals surface area contributed by atoms with Crippen LogP contribution >= 0.6 is 0 Å². The summed E-state index contributed by atoms with van der Waals surface area (Å²) in [6, 6.07) is 3.71. The second kappa shape index (κ2) is 11.6. The molecule has 0 aliphatic heterocycles. The minimum atomic E-state index is -0.174. The number of benzene rings is 1. The predicted octanol–water partition coefficient (Wildman–Crippen LogP) is 4.40. The molecule has 0 aromatic heterocycles. The van der Waals surface area contributed by atoms with Gasteiger partial charge in [0.05, 0.1) is 27.9 Å². The zero-order chi connectivity index (χ0) is 18.7. The van der Waals surface area contributed by atoms with Crippen LogP contribution in [0.5, 0.6) is 17.2 Å². The zero-order valence-corrected chi connectivity index (χ0v) is 16.2. The predicted molar refractivity (Wildman–Crippen MR) is 98.7 cm³/mol. The number of carbonyl (C=O) groups excluding carboxylic acids is 1. The minimum Gasteiger partial charge on any atom is -0.493 e. The SMILES string of the molecule is CCCCC(CC)COC(=O)CCc1ccc(OC)c(OC)c1OC. The minimum absolute atomic E-state index is 0.174. The van der Waals surface area contributed by atoms with Crippen LogP contribution < -0.4 is 14.2 Å². The van der Waals surface area contributed by atoms with Crippen LogP contribution in [-0.2, 0) is 16.0 Å². The molecule has 0 fully saturated rings. The number of aryl methyl sites for hydroxylation is 1. The Balaban J connectivity index is 2.61. The van der Waals surface area contributed by atoms with E-state index < -0.39 is 0 Å². The first-order valence-electron chi connectivity index (χ1n) is 9.04. The third-order valence-corrected chi connectivity index (χ3v) is 4.41. The van der Waals surface area contributed by atoms with Crippen molar-refractivity contribution in [1.29, 1.82) is 0 Å². The summed E-state index contributed by atoms with van der Waals surface area (Å²) < 4.78 is 21.5. The lowest BCUT2D eigenvalue weighted by Gasteiger charge is -2.16. The Hall–Kier alpha value is -1.91. The summed E-state index contributed by atoms with van der Waals surface area (Å²) in [6.07, 6.45) is 5.35. The molecule has 1 atom stereocenters. The molecule has 0 saturated carbocycles. The lowest BCUT2D eigenvalue weighted by molar-refractivity contribution is -0.145. The Morgan fingerprint density at radius 1 is 1.04 bits per heavy atom. The first-order valence-corrected chi connectivity index (χ1v) is 9.04. The van der Waals surface area contributed by atoms with Gasteiger partial charge in [0.15, 0.2) is 11.5 Å². The molecule has 0 N–H and O–H groups in total. The van der Waals surface area contributed by atoms with Gasteiger partial charge in [0, 0.05) is 6.42 Å². The first kappa shape index (κ1) is 21.1. The second-order valence-electron chi connectivity index (χ2n) is 6.09. The van der Waals surface area contributed by atoms with Crippen LogP contribution in [0.1, 0.15) is 51.5 Å². The molecule has 0 heterocycles. The lowest BCUT2D eigenvalue weighted by Crippen LogP contribution is -2.14. The quantitative estimate of drug-likeness (QED) is 0.522. The molecule has 0 saturated heterocycles. The zero-order valence-electron chi connectivity index (χ0n) is 16.2. The van der Waals surface area contributed by atoms with Gasteiger partial charge in [-0.1, -0.05) is 39.2 Å². The highest BCUT2D eigenvalue weighted by molar-refractivity contribution is 5.70. The molecule has 5 heteroatoms. The van der Waals surface area contributed by atoms with Gasteiger partial charge in [-0.15, -0.1) is 0 Å². The first-order chi connectivity index (χ1) is 12.1. The summed E-state index contributed by atoms with van der Waals surface area (Å²) in [5, 5.41) is 0. The molecule has 1 rings (SSSR count). The number of methoxy groups -OCH3 is 3. The number of ether oxygens (including phenoxy) is 4. The van der Waals surface area contributed by atoms with Crippen molar-refractivity contribution >= 4 is 5.97 Å². The number of hydrogen-bond donors (Lipinski definition) is 0. The molecule has 1 aromatic carbocycles. The highest BCUT2D eigenvalue weighted by Gasteiger charge is 2.17. The Kier molecular flexibility index (Phi) is 9.81. The van der Waals surface area contributed by atoms with Crippen LogP contribution in [0.4, 0.5) is 0 Å². The van der Waals surface area contributed by atoms with E-state index in [4.69, 9.17) is 18.9 Å². The topological polar surface area (TPSA) is 54.0 Å². The van der Waals surface area contributed by atoms with Gasteiger partial charge in [-0.2, -0.15) is 0 Å². The van der Waals surface area contributed by atoms with Gasteiger partial charge in [-0.3, -0.25) is 4.79 Å². The van der Waals surface area contributed by atoms with Crippen LogP contribution in [0.15, 0.2) is 12.1 Å². The molecule has 0 bridgehead atoms. The Bertz CT molecular complexity index is 527. The summed E-state index contributed by atoms with van der Waals surface area (Å²) in [6.45, 7) is 4.83. The van der Waals surface area contributed by atoms with Crippen molar-refractivity contribution in [2.24, 2.45) is 5.92 Å².